The molecule has 1 amide bonds. The van der Waals surface area contributed by atoms with Crippen LogP contribution in [0, 0.1) is 0 Å². The second-order valence-corrected chi connectivity index (χ2v) is 6.42. The molecule has 1 saturated heterocycles. The third kappa shape index (κ3) is 8.07. The Balaban J connectivity index is 0.00000312. The van der Waals surface area contributed by atoms with E-state index in [0.29, 0.717) is 25.5 Å². The topological polar surface area (TPSA) is 70.7 Å². The summed E-state index contributed by atoms with van der Waals surface area (Å²) in [6.07, 6.45) is 6.55. The number of carbonyl (C=O) groups is 1. The van der Waals surface area contributed by atoms with E-state index in [9.17, 15) is 4.79 Å². The smallest absolute Gasteiger partial charge is 0.222 e. The summed E-state index contributed by atoms with van der Waals surface area (Å²) in [4.78, 5) is 18.0. The standard InChI is InChI=1S/C19H30N4O.HI/c1-2-3-4-5-12-21-19(20)22-14-16-8-10-17(11-9-16)15-23-13-6-7-18(23)24;/h8-11H,2-7,12-15H2,1H3,(H3,20,21,22);1H. The van der Waals surface area contributed by atoms with Gasteiger partial charge < -0.3 is 16.0 Å². The normalized spacial score (nSPS) is 14.5. The Morgan fingerprint density at radius 3 is 2.56 bits per heavy atom. The molecule has 3 N–H and O–H groups in total. The van der Waals surface area contributed by atoms with Crippen molar-refractivity contribution < 1.29 is 4.79 Å². The third-order valence-corrected chi connectivity index (χ3v) is 4.34. The Labute approximate surface area is 168 Å². The van der Waals surface area contributed by atoms with Crippen molar-refractivity contribution in [2.75, 3.05) is 13.1 Å². The summed E-state index contributed by atoms with van der Waals surface area (Å²) in [7, 11) is 0. The number of nitrogens with zero attached hydrogens (tertiary/aromatic N) is 2. The summed E-state index contributed by atoms with van der Waals surface area (Å²) in [5.41, 5.74) is 8.18. The molecule has 1 aliphatic heterocycles. The largest absolute Gasteiger partial charge is 0.370 e. The van der Waals surface area contributed by atoms with Crippen molar-refractivity contribution >= 4 is 35.8 Å². The molecule has 0 atom stereocenters. The predicted molar refractivity (Wildman–Crippen MR) is 114 cm³/mol. The van der Waals surface area contributed by atoms with Gasteiger partial charge in [-0.3, -0.25) is 4.79 Å². The Hall–Kier alpha value is -1.31. The predicted octanol–water partition coefficient (Wildman–Crippen LogP) is 3.41. The van der Waals surface area contributed by atoms with Crippen molar-refractivity contribution in [3.8, 4) is 0 Å². The lowest BCUT2D eigenvalue weighted by Crippen LogP contribution is -2.32. The monoisotopic (exact) mass is 458 g/mol. The lowest BCUT2D eigenvalue weighted by Gasteiger charge is -2.15. The fraction of sp³-hybridized carbons (Fsp3) is 0.579. The Bertz CT molecular complexity index is 545. The average molecular weight is 458 g/mol. The maximum Gasteiger partial charge on any atom is 0.222 e. The van der Waals surface area contributed by atoms with Gasteiger partial charge >= 0.3 is 0 Å². The SMILES string of the molecule is CCCCCCNC(N)=NCc1ccc(CN2CCCC2=O)cc1.I. The van der Waals surface area contributed by atoms with Gasteiger partial charge in [-0.25, -0.2) is 4.99 Å². The highest BCUT2D eigenvalue weighted by molar-refractivity contribution is 14.0. The Morgan fingerprint density at radius 2 is 1.92 bits per heavy atom. The van der Waals surface area contributed by atoms with Crippen LogP contribution < -0.4 is 11.1 Å². The summed E-state index contributed by atoms with van der Waals surface area (Å²) in [5.74, 6) is 0.777. The number of carbonyl (C=O) groups excluding carboxylic acids is 1. The molecule has 0 aliphatic carbocycles. The van der Waals surface area contributed by atoms with Gasteiger partial charge in [0.25, 0.3) is 0 Å². The van der Waals surface area contributed by atoms with Crippen molar-refractivity contribution in [3.63, 3.8) is 0 Å². The molecule has 0 aromatic heterocycles. The first-order valence-electron chi connectivity index (χ1n) is 9.08. The van der Waals surface area contributed by atoms with Gasteiger partial charge in [-0.05, 0) is 24.0 Å². The van der Waals surface area contributed by atoms with Crippen LogP contribution in [0.15, 0.2) is 29.3 Å². The maximum atomic E-state index is 11.7. The molecule has 0 bridgehead atoms. The molecular formula is C19H31IN4O. The van der Waals surface area contributed by atoms with Crippen molar-refractivity contribution in [2.45, 2.75) is 58.5 Å². The Kier molecular flexibility index (Phi) is 10.5. The van der Waals surface area contributed by atoms with Crippen molar-refractivity contribution in [1.82, 2.24) is 10.2 Å². The molecule has 0 spiro atoms. The van der Waals surface area contributed by atoms with Gasteiger partial charge in [0.05, 0.1) is 6.54 Å². The van der Waals surface area contributed by atoms with E-state index in [2.05, 4.69) is 41.5 Å². The van der Waals surface area contributed by atoms with Crippen LogP contribution in [0.3, 0.4) is 0 Å². The average Bonchev–Trinajstić information content (AvgIpc) is 2.99. The van der Waals surface area contributed by atoms with Crippen LogP contribution in [-0.2, 0) is 17.9 Å². The number of benzene rings is 1. The highest BCUT2D eigenvalue weighted by Crippen LogP contribution is 2.15. The van der Waals surface area contributed by atoms with Crippen LogP contribution in [0.4, 0.5) is 0 Å². The van der Waals surface area contributed by atoms with Crippen LogP contribution in [0.2, 0.25) is 0 Å². The number of halogens is 1. The number of unbranched alkanes of at least 4 members (excludes halogenated alkanes) is 3. The number of nitrogens with one attached hydrogen (secondary N) is 1. The van der Waals surface area contributed by atoms with E-state index in [0.717, 1.165) is 31.5 Å². The number of aliphatic imine (C=N–C) groups is 1. The summed E-state index contributed by atoms with van der Waals surface area (Å²) >= 11 is 0. The van der Waals surface area contributed by atoms with Crippen LogP contribution in [0.5, 0.6) is 0 Å². The number of hydrogen-bond acceptors (Lipinski definition) is 2. The number of rotatable bonds is 9. The second-order valence-electron chi connectivity index (χ2n) is 6.42. The van der Waals surface area contributed by atoms with Gasteiger partial charge in [0, 0.05) is 26.1 Å². The number of guanidine groups is 1. The number of likely N-dealkylation sites (tertiary alicyclic amines) is 1. The summed E-state index contributed by atoms with van der Waals surface area (Å²) in [5, 5.41) is 3.16. The fourth-order valence-corrected chi connectivity index (χ4v) is 2.84. The van der Waals surface area contributed by atoms with E-state index in [-0.39, 0.29) is 29.9 Å². The summed E-state index contributed by atoms with van der Waals surface area (Å²) < 4.78 is 0. The van der Waals surface area contributed by atoms with Gasteiger partial charge in [-0.15, -0.1) is 24.0 Å². The summed E-state index contributed by atoms with van der Waals surface area (Å²) in [6.45, 7) is 5.27. The minimum Gasteiger partial charge on any atom is -0.370 e. The molecule has 1 fully saturated rings. The van der Waals surface area contributed by atoms with Crippen molar-refractivity contribution in [3.05, 3.63) is 35.4 Å². The number of nitrogens with two attached hydrogens (primary N) is 1. The van der Waals surface area contributed by atoms with Gasteiger partial charge in [0.2, 0.25) is 5.91 Å². The molecule has 1 aliphatic rings. The van der Waals surface area contributed by atoms with Crippen LogP contribution in [-0.4, -0.2) is 29.9 Å². The molecule has 0 unspecified atom stereocenters. The minimum absolute atomic E-state index is 0. The quantitative estimate of drug-likeness (QED) is 0.258. The molecule has 1 aromatic carbocycles. The number of hydrogen-bond donors (Lipinski definition) is 2. The molecule has 6 heteroatoms. The van der Waals surface area contributed by atoms with Crippen LogP contribution >= 0.6 is 24.0 Å². The first kappa shape index (κ1) is 21.7. The minimum atomic E-state index is 0. The molecule has 0 radical (unpaired) electrons. The maximum absolute atomic E-state index is 11.7. The second kappa shape index (κ2) is 12.1. The summed E-state index contributed by atoms with van der Waals surface area (Å²) in [6, 6.07) is 8.28. The zero-order valence-corrected chi connectivity index (χ0v) is 17.5. The van der Waals surface area contributed by atoms with Gasteiger partial charge in [0.1, 0.15) is 0 Å². The number of amides is 1. The fourth-order valence-electron chi connectivity index (χ4n) is 2.84. The third-order valence-electron chi connectivity index (χ3n) is 4.34. The van der Waals surface area contributed by atoms with E-state index in [4.69, 9.17) is 5.73 Å². The molecule has 25 heavy (non-hydrogen) atoms. The van der Waals surface area contributed by atoms with Crippen molar-refractivity contribution in [2.24, 2.45) is 10.7 Å². The first-order valence-corrected chi connectivity index (χ1v) is 9.08. The molecule has 1 heterocycles. The zero-order valence-electron chi connectivity index (χ0n) is 15.2. The van der Waals surface area contributed by atoms with E-state index in [1.807, 2.05) is 4.90 Å². The highest BCUT2D eigenvalue weighted by Gasteiger charge is 2.19. The van der Waals surface area contributed by atoms with Crippen molar-refractivity contribution in [1.29, 1.82) is 0 Å². The molecule has 2 rings (SSSR count). The molecule has 1 aromatic rings. The zero-order chi connectivity index (χ0) is 17.2. The Morgan fingerprint density at radius 1 is 1.20 bits per heavy atom. The molecule has 5 nitrogen and oxygen atoms in total. The van der Waals surface area contributed by atoms with Crippen LogP contribution in [0.25, 0.3) is 0 Å². The lowest BCUT2D eigenvalue weighted by molar-refractivity contribution is -0.128. The van der Waals surface area contributed by atoms with E-state index < -0.39 is 0 Å². The molecular weight excluding hydrogens is 427 g/mol. The van der Waals surface area contributed by atoms with E-state index >= 15 is 0 Å². The molecule has 140 valence electrons. The van der Waals surface area contributed by atoms with Gasteiger partial charge in [-0.2, -0.15) is 0 Å². The van der Waals surface area contributed by atoms with Gasteiger partial charge in [-0.1, -0.05) is 50.5 Å². The van der Waals surface area contributed by atoms with E-state index in [1.165, 1.54) is 24.8 Å². The highest BCUT2D eigenvalue weighted by atomic mass is 127. The van der Waals surface area contributed by atoms with Gasteiger partial charge in [0.15, 0.2) is 5.96 Å². The lowest BCUT2D eigenvalue weighted by atomic mass is 10.1. The molecule has 0 saturated carbocycles. The van der Waals surface area contributed by atoms with Crippen LogP contribution in [0.1, 0.15) is 56.6 Å². The first-order chi connectivity index (χ1) is 11.7. The van der Waals surface area contributed by atoms with E-state index in [1.54, 1.807) is 0 Å².